The van der Waals surface area contributed by atoms with E-state index in [-0.39, 0.29) is 0 Å². The molecular formula is C12H16ClNO2S. The van der Waals surface area contributed by atoms with Crippen molar-refractivity contribution in [3.8, 4) is 5.75 Å². The summed E-state index contributed by atoms with van der Waals surface area (Å²) in [6.45, 7) is 2.55. The molecule has 1 atom stereocenters. The van der Waals surface area contributed by atoms with Gasteiger partial charge in [0, 0.05) is 6.54 Å². The van der Waals surface area contributed by atoms with Crippen LogP contribution in [0.1, 0.15) is 6.92 Å². The lowest BCUT2D eigenvalue weighted by Gasteiger charge is -2.06. The lowest BCUT2D eigenvalue weighted by molar-refractivity contribution is -0.000287. The highest BCUT2D eigenvalue weighted by Crippen LogP contribution is 2.27. The molecule has 1 aliphatic heterocycles. The first-order valence-electron chi connectivity index (χ1n) is 5.22. The largest absolute Gasteiger partial charge is 0.465 e. The van der Waals surface area contributed by atoms with Crippen molar-refractivity contribution in [2.24, 2.45) is 0 Å². The summed E-state index contributed by atoms with van der Waals surface area (Å²) in [6, 6.07) is 9.21. The molecule has 0 bridgehead atoms. The third kappa shape index (κ3) is 6.58. The summed E-state index contributed by atoms with van der Waals surface area (Å²) in [7, 11) is 2.01. The van der Waals surface area contributed by atoms with Crippen molar-refractivity contribution in [1.29, 1.82) is 0 Å². The Morgan fingerprint density at radius 2 is 2.06 bits per heavy atom. The van der Waals surface area contributed by atoms with Crippen molar-refractivity contribution in [2.45, 2.75) is 13.2 Å². The predicted molar refractivity (Wildman–Crippen MR) is 72.9 cm³/mol. The minimum Gasteiger partial charge on any atom is -0.465 e. The van der Waals surface area contributed by atoms with Crippen LogP contribution < -0.4 is 4.74 Å². The average molecular weight is 274 g/mol. The number of aliphatic hydroxyl groups excluding tert-OH is 1. The third-order valence-electron chi connectivity index (χ3n) is 1.80. The van der Waals surface area contributed by atoms with Gasteiger partial charge in [0.1, 0.15) is 5.75 Å². The molecule has 1 aromatic rings. The van der Waals surface area contributed by atoms with Crippen LogP contribution in [0.15, 0.2) is 40.8 Å². The highest BCUT2D eigenvalue weighted by Gasteiger charge is 2.06. The van der Waals surface area contributed by atoms with Gasteiger partial charge < -0.3 is 9.84 Å². The quantitative estimate of drug-likeness (QED) is 0.663. The zero-order valence-electron chi connectivity index (χ0n) is 9.84. The second kappa shape index (κ2) is 7.61. The van der Waals surface area contributed by atoms with E-state index in [2.05, 4.69) is 4.31 Å². The van der Waals surface area contributed by atoms with E-state index < -0.39 is 6.29 Å². The van der Waals surface area contributed by atoms with Gasteiger partial charge in [0.15, 0.2) is 6.29 Å². The van der Waals surface area contributed by atoms with E-state index >= 15 is 0 Å². The maximum Gasteiger partial charge on any atom is 0.194 e. The fraction of sp³-hybridized carbons (Fsp3) is 0.333. The minimum atomic E-state index is -0.734. The topological polar surface area (TPSA) is 32.7 Å². The molecule has 0 spiro atoms. The minimum absolute atomic E-state index is 0.692. The number of hydrogen-bond donors (Lipinski definition) is 1. The van der Waals surface area contributed by atoms with Crippen molar-refractivity contribution in [1.82, 2.24) is 4.31 Å². The van der Waals surface area contributed by atoms with E-state index in [9.17, 15) is 0 Å². The second-order valence-corrected chi connectivity index (χ2v) is 5.32. The molecule has 1 N–H and O–H groups in total. The zero-order chi connectivity index (χ0) is 12.7. The molecular weight excluding hydrogens is 258 g/mol. The first-order valence-corrected chi connectivity index (χ1v) is 6.37. The van der Waals surface area contributed by atoms with Crippen LogP contribution in [0.25, 0.3) is 0 Å². The van der Waals surface area contributed by atoms with Crippen LogP contribution >= 0.6 is 23.5 Å². The highest BCUT2D eigenvalue weighted by molar-refractivity contribution is 8.02. The van der Waals surface area contributed by atoms with Gasteiger partial charge in [-0.1, -0.05) is 29.8 Å². The number of para-hydroxylation sites is 1. The smallest absolute Gasteiger partial charge is 0.194 e. The van der Waals surface area contributed by atoms with Gasteiger partial charge in [-0.25, -0.2) is 4.31 Å². The number of nitrogens with zero attached hydrogens (tertiary/aromatic N) is 1. The maximum absolute atomic E-state index is 8.78. The van der Waals surface area contributed by atoms with Gasteiger partial charge in [0.05, 0.1) is 4.36 Å². The summed E-state index contributed by atoms with van der Waals surface area (Å²) in [5, 5.41) is 8.78. The number of aliphatic hydroxyl groups is 1. The van der Waals surface area contributed by atoms with E-state index in [0.29, 0.717) is 5.75 Å². The molecule has 94 valence electrons. The molecule has 1 heterocycles. The summed E-state index contributed by atoms with van der Waals surface area (Å²) < 4.78 is 7.93. The molecule has 0 saturated heterocycles. The predicted octanol–water partition coefficient (Wildman–Crippen LogP) is 3.06. The highest BCUT2D eigenvalue weighted by atomic mass is 35.5. The molecule has 3 nitrogen and oxygen atoms in total. The first kappa shape index (κ1) is 14.4. The SMILES string of the molecule is CC(O)Oc1ccccc1.CN1CC=C(Cl)S1. The summed E-state index contributed by atoms with van der Waals surface area (Å²) in [5.41, 5.74) is 0. The normalized spacial score (nSPS) is 16.8. The Hall–Kier alpha value is -0.680. The standard InChI is InChI=1S/C8H10O2.C4H6ClNS/c1-7(9)10-8-5-3-2-4-6-8;1-6-3-2-4(5)7-6/h2-7,9H,1H3;2H,3H2,1H3. The first-order chi connectivity index (χ1) is 8.08. The van der Waals surface area contributed by atoms with Crippen LogP contribution in [0.2, 0.25) is 0 Å². The molecule has 1 unspecified atom stereocenters. The average Bonchev–Trinajstić information content (AvgIpc) is 2.64. The molecule has 0 radical (unpaired) electrons. The van der Waals surface area contributed by atoms with Gasteiger partial charge in [0.2, 0.25) is 0 Å². The molecule has 0 aliphatic carbocycles. The van der Waals surface area contributed by atoms with Crippen molar-refractivity contribution in [3.63, 3.8) is 0 Å². The molecule has 2 rings (SSSR count). The lowest BCUT2D eigenvalue weighted by Crippen LogP contribution is -2.08. The van der Waals surface area contributed by atoms with E-state index in [0.717, 1.165) is 10.9 Å². The molecule has 0 amide bonds. The van der Waals surface area contributed by atoms with E-state index in [1.807, 2.05) is 31.3 Å². The number of halogens is 1. The number of rotatable bonds is 2. The maximum atomic E-state index is 8.78. The van der Waals surface area contributed by atoms with Gasteiger partial charge >= 0.3 is 0 Å². The molecule has 5 heteroatoms. The van der Waals surface area contributed by atoms with Gasteiger partial charge in [0.25, 0.3) is 0 Å². The molecule has 1 aromatic carbocycles. The molecule has 1 aliphatic rings. The fourth-order valence-corrected chi connectivity index (χ4v) is 2.14. The number of likely N-dealkylation sites (N-methyl/N-ethyl adjacent to an activating group) is 1. The summed E-state index contributed by atoms with van der Waals surface area (Å²) >= 11 is 7.17. The molecule has 0 saturated carbocycles. The van der Waals surface area contributed by atoms with Gasteiger partial charge in [-0.2, -0.15) is 0 Å². The number of benzene rings is 1. The van der Waals surface area contributed by atoms with Crippen LogP contribution in [0.5, 0.6) is 5.75 Å². The monoisotopic (exact) mass is 273 g/mol. The van der Waals surface area contributed by atoms with Crippen LogP contribution in [0, 0.1) is 0 Å². The van der Waals surface area contributed by atoms with E-state index in [1.165, 1.54) is 0 Å². The molecule has 0 aromatic heterocycles. The zero-order valence-corrected chi connectivity index (χ0v) is 11.4. The Balaban J connectivity index is 0.000000181. The van der Waals surface area contributed by atoms with Crippen molar-refractivity contribution >= 4 is 23.5 Å². The molecule has 0 fully saturated rings. The van der Waals surface area contributed by atoms with Gasteiger partial charge in [-0.15, -0.1) is 0 Å². The van der Waals surface area contributed by atoms with Gasteiger partial charge in [-0.05, 0) is 44.1 Å². The Labute approximate surface area is 111 Å². The summed E-state index contributed by atoms with van der Waals surface area (Å²) in [5.74, 6) is 0.692. The number of ether oxygens (including phenoxy) is 1. The third-order valence-corrected chi connectivity index (χ3v) is 2.96. The molecule has 17 heavy (non-hydrogen) atoms. The van der Waals surface area contributed by atoms with Crippen LogP contribution in [-0.4, -0.2) is 29.3 Å². The van der Waals surface area contributed by atoms with Crippen molar-refractivity contribution in [2.75, 3.05) is 13.6 Å². The Morgan fingerprint density at radius 1 is 1.41 bits per heavy atom. The van der Waals surface area contributed by atoms with Gasteiger partial charge in [-0.3, -0.25) is 0 Å². The van der Waals surface area contributed by atoms with Crippen LogP contribution in [-0.2, 0) is 0 Å². The van der Waals surface area contributed by atoms with Crippen molar-refractivity contribution < 1.29 is 9.84 Å². The number of hydrogen-bond acceptors (Lipinski definition) is 4. The Bertz CT molecular complexity index is 357. The summed E-state index contributed by atoms with van der Waals surface area (Å²) in [4.78, 5) is 0. The van der Waals surface area contributed by atoms with Crippen molar-refractivity contribution in [3.05, 3.63) is 40.8 Å². The fourth-order valence-electron chi connectivity index (χ4n) is 1.12. The second-order valence-electron chi connectivity index (χ2n) is 3.44. The Kier molecular flexibility index (Phi) is 6.44. The summed E-state index contributed by atoms with van der Waals surface area (Å²) in [6.07, 6.45) is 1.26. The lowest BCUT2D eigenvalue weighted by atomic mass is 10.3. The van der Waals surface area contributed by atoms with E-state index in [4.69, 9.17) is 21.4 Å². The Morgan fingerprint density at radius 3 is 2.41 bits per heavy atom. The van der Waals surface area contributed by atoms with E-state index in [1.54, 1.807) is 31.0 Å². The van der Waals surface area contributed by atoms with Crippen LogP contribution in [0.4, 0.5) is 0 Å². The van der Waals surface area contributed by atoms with Crippen LogP contribution in [0.3, 0.4) is 0 Å².